The van der Waals surface area contributed by atoms with Gasteiger partial charge in [-0.3, -0.25) is 4.79 Å². The molecule has 28 heavy (non-hydrogen) atoms. The summed E-state index contributed by atoms with van der Waals surface area (Å²) in [4.78, 5) is 21.5. The van der Waals surface area contributed by atoms with Gasteiger partial charge in [-0.1, -0.05) is 13.3 Å². The fourth-order valence-corrected chi connectivity index (χ4v) is 2.84. The van der Waals surface area contributed by atoms with Gasteiger partial charge in [-0.15, -0.1) is 0 Å². The number of hydrogen-bond acceptors (Lipinski definition) is 7. The molecule has 2 heterocycles. The summed E-state index contributed by atoms with van der Waals surface area (Å²) >= 11 is 0. The number of carbonyl (C=O) groups excluding carboxylic acids is 1. The molecule has 0 atom stereocenters. The third-order valence-corrected chi connectivity index (χ3v) is 4.26. The van der Waals surface area contributed by atoms with Crippen molar-refractivity contribution in [3.8, 4) is 17.2 Å². The molecule has 9 nitrogen and oxygen atoms in total. The number of amides is 1. The van der Waals surface area contributed by atoms with Crippen LogP contribution in [0.1, 0.15) is 35.8 Å². The van der Waals surface area contributed by atoms with Gasteiger partial charge in [-0.2, -0.15) is 14.6 Å². The lowest BCUT2D eigenvalue weighted by atomic mass is 10.1. The van der Waals surface area contributed by atoms with Crippen LogP contribution >= 0.6 is 0 Å². The summed E-state index contributed by atoms with van der Waals surface area (Å²) in [5.41, 5.74) is 1.21. The van der Waals surface area contributed by atoms with E-state index in [9.17, 15) is 4.79 Å². The van der Waals surface area contributed by atoms with Gasteiger partial charge in [0.25, 0.3) is 11.7 Å². The molecule has 0 saturated heterocycles. The summed E-state index contributed by atoms with van der Waals surface area (Å²) in [6.07, 6.45) is 4.25. The topological polar surface area (TPSA) is 99.9 Å². The van der Waals surface area contributed by atoms with Crippen LogP contribution in [0, 0.1) is 0 Å². The molecule has 1 amide bonds. The minimum atomic E-state index is -0.344. The monoisotopic (exact) mass is 385 g/mol. The van der Waals surface area contributed by atoms with Crippen molar-refractivity contribution in [1.29, 1.82) is 0 Å². The van der Waals surface area contributed by atoms with Crippen molar-refractivity contribution in [2.75, 3.05) is 26.6 Å². The van der Waals surface area contributed by atoms with Crippen molar-refractivity contribution < 1.29 is 19.0 Å². The number of benzene rings is 1. The van der Waals surface area contributed by atoms with E-state index in [-0.39, 0.29) is 5.91 Å². The summed E-state index contributed by atoms with van der Waals surface area (Å²) in [5.74, 6) is 1.81. The maximum absolute atomic E-state index is 12.9. The zero-order valence-electron chi connectivity index (χ0n) is 16.4. The average Bonchev–Trinajstić information content (AvgIpc) is 3.19. The van der Waals surface area contributed by atoms with Gasteiger partial charge in [-0.05, 0) is 25.0 Å². The Morgan fingerprint density at radius 2 is 1.82 bits per heavy atom. The van der Waals surface area contributed by atoms with Crippen LogP contribution in [0.25, 0.3) is 5.78 Å². The highest BCUT2D eigenvalue weighted by Gasteiger charge is 2.18. The maximum atomic E-state index is 12.9. The second-order valence-electron chi connectivity index (χ2n) is 6.08. The largest absolute Gasteiger partial charge is 0.493 e. The van der Waals surface area contributed by atoms with Gasteiger partial charge in [-0.25, -0.2) is 4.98 Å². The predicted octanol–water partition coefficient (Wildman–Crippen LogP) is 2.75. The highest BCUT2D eigenvalue weighted by molar-refractivity contribution is 6.04. The van der Waals surface area contributed by atoms with Crippen LogP contribution in [-0.2, 0) is 6.42 Å². The summed E-state index contributed by atoms with van der Waals surface area (Å²) in [6.45, 7) is 2.11. The van der Waals surface area contributed by atoms with E-state index in [1.807, 2.05) is 6.07 Å². The third-order valence-electron chi connectivity index (χ3n) is 4.26. The molecule has 1 N–H and O–H groups in total. The van der Waals surface area contributed by atoms with Crippen LogP contribution in [0.15, 0.2) is 24.5 Å². The summed E-state index contributed by atoms with van der Waals surface area (Å²) < 4.78 is 17.4. The lowest BCUT2D eigenvalue weighted by Gasteiger charge is -2.14. The Morgan fingerprint density at radius 3 is 2.43 bits per heavy atom. The Bertz CT molecular complexity index is 961. The summed E-state index contributed by atoms with van der Waals surface area (Å²) in [5, 5.41) is 7.01. The van der Waals surface area contributed by atoms with Crippen molar-refractivity contribution in [3.63, 3.8) is 0 Å². The van der Waals surface area contributed by atoms with Crippen LogP contribution < -0.4 is 19.5 Å². The smallest absolute Gasteiger partial charge is 0.257 e. The van der Waals surface area contributed by atoms with E-state index in [1.54, 1.807) is 12.1 Å². The van der Waals surface area contributed by atoms with E-state index in [0.717, 1.165) is 25.0 Å². The fourth-order valence-electron chi connectivity index (χ4n) is 2.84. The normalized spacial score (nSPS) is 10.7. The maximum Gasteiger partial charge on any atom is 0.257 e. The van der Waals surface area contributed by atoms with E-state index in [4.69, 9.17) is 14.2 Å². The molecule has 2 aromatic heterocycles. The minimum Gasteiger partial charge on any atom is -0.493 e. The first-order valence-corrected chi connectivity index (χ1v) is 8.92. The second kappa shape index (κ2) is 8.55. The van der Waals surface area contributed by atoms with Gasteiger partial charge in [0.15, 0.2) is 11.5 Å². The molecular weight excluding hydrogens is 362 g/mol. The number of carbonyl (C=O) groups is 1. The van der Waals surface area contributed by atoms with Crippen molar-refractivity contribution in [2.24, 2.45) is 0 Å². The lowest BCUT2D eigenvalue weighted by molar-refractivity contribution is 0.102. The quantitative estimate of drug-likeness (QED) is 0.636. The van der Waals surface area contributed by atoms with Gasteiger partial charge in [0, 0.05) is 17.3 Å². The van der Waals surface area contributed by atoms with Crippen molar-refractivity contribution >= 4 is 17.5 Å². The van der Waals surface area contributed by atoms with E-state index < -0.39 is 0 Å². The van der Waals surface area contributed by atoms with Gasteiger partial charge < -0.3 is 19.5 Å². The number of ether oxygens (including phenoxy) is 3. The SMILES string of the molecule is CCCCc1cc(NC(=O)c2cc(OC)c(OC)c(OC)c2)n2ncnc2n1. The number of anilines is 1. The van der Waals surface area contributed by atoms with Crippen LogP contribution in [0.2, 0.25) is 0 Å². The molecule has 0 radical (unpaired) electrons. The molecule has 3 aromatic rings. The number of hydrogen-bond donors (Lipinski definition) is 1. The molecule has 0 saturated carbocycles. The highest BCUT2D eigenvalue weighted by Crippen LogP contribution is 2.38. The Hall–Kier alpha value is -3.36. The van der Waals surface area contributed by atoms with E-state index in [1.165, 1.54) is 32.2 Å². The number of aromatic nitrogens is 4. The number of fused-ring (bicyclic) bond motifs is 1. The number of rotatable bonds is 8. The van der Waals surface area contributed by atoms with Crippen LogP contribution in [0.5, 0.6) is 17.2 Å². The Labute approximate surface area is 162 Å². The summed E-state index contributed by atoms with van der Waals surface area (Å²) in [7, 11) is 4.51. The number of methoxy groups -OCH3 is 3. The molecular formula is C19H23N5O4. The first kappa shape index (κ1) is 19.4. The number of nitrogens with zero attached hydrogens (tertiary/aromatic N) is 4. The molecule has 0 fully saturated rings. The Kier molecular flexibility index (Phi) is 5.93. The van der Waals surface area contributed by atoms with E-state index in [2.05, 4.69) is 27.3 Å². The minimum absolute atomic E-state index is 0.344. The molecule has 0 aliphatic heterocycles. The average molecular weight is 385 g/mol. The van der Waals surface area contributed by atoms with E-state index >= 15 is 0 Å². The van der Waals surface area contributed by atoms with Gasteiger partial charge in [0.05, 0.1) is 21.3 Å². The van der Waals surface area contributed by atoms with Gasteiger partial charge >= 0.3 is 0 Å². The molecule has 0 unspecified atom stereocenters. The summed E-state index contributed by atoms with van der Waals surface area (Å²) in [6, 6.07) is 5.00. The third kappa shape index (κ3) is 3.83. The first-order chi connectivity index (χ1) is 13.6. The van der Waals surface area contributed by atoms with Crippen LogP contribution in [0.3, 0.4) is 0 Å². The van der Waals surface area contributed by atoms with Crippen molar-refractivity contribution in [2.45, 2.75) is 26.2 Å². The zero-order chi connectivity index (χ0) is 20.1. The van der Waals surface area contributed by atoms with Crippen LogP contribution in [0.4, 0.5) is 5.82 Å². The molecule has 9 heteroatoms. The molecule has 0 spiro atoms. The highest BCUT2D eigenvalue weighted by atomic mass is 16.5. The van der Waals surface area contributed by atoms with Gasteiger partial charge in [0.2, 0.25) is 5.75 Å². The predicted molar refractivity (Wildman–Crippen MR) is 103 cm³/mol. The fraction of sp³-hybridized carbons (Fsp3) is 0.368. The number of nitrogens with one attached hydrogen (secondary N) is 1. The van der Waals surface area contributed by atoms with Gasteiger partial charge in [0.1, 0.15) is 12.1 Å². The molecule has 148 valence electrons. The van der Waals surface area contributed by atoms with Crippen molar-refractivity contribution in [1.82, 2.24) is 19.6 Å². The molecule has 0 aliphatic rings. The molecule has 0 bridgehead atoms. The Morgan fingerprint density at radius 1 is 1.11 bits per heavy atom. The first-order valence-electron chi connectivity index (χ1n) is 8.92. The second-order valence-corrected chi connectivity index (χ2v) is 6.08. The molecule has 3 rings (SSSR count). The standard InChI is InChI=1S/C19H23N5O4/c1-5-6-7-13-10-16(24-19(22-13)20-11-21-24)23-18(25)12-8-14(26-2)17(28-4)15(9-12)27-3/h8-11H,5-7H2,1-4H3,(H,23,25). The number of aryl methyl sites for hydroxylation is 1. The Balaban J connectivity index is 1.96. The van der Waals surface area contributed by atoms with Crippen LogP contribution in [-0.4, -0.2) is 46.8 Å². The van der Waals surface area contributed by atoms with Crippen molar-refractivity contribution in [3.05, 3.63) is 35.8 Å². The number of unbranched alkanes of at least 4 members (excludes halogenated alkanes) is 1. The molecule has 1 aromatic carbocycles. The van der Waals surface area contributed by atoms with E-state index in [0.29, 0.717) is 34.4 Å². The molecule has 0 aliphatic carbocycles. The lowest BCUT2D eigenvalue weighted by Crippen LogP contribution is -2.16. The zero-order valence-corrected chi connectivity index (χ0v) is 16.4.